The molecule has 0 aliphatic carbocycles. The van der Waals surface area contributed by atoms with Gasteiger partial charge in [-0.25, -0.2) is 10.2 Å². The molecule has 0 bridgehead atoms. The van der Waals surface area contributed by atoms with E-state index in [0.29, 0.717) is 5.69 Å². The average molecular weight is 293 g/mol. The fraction of sp³-hybridized carbons (Fsp3) is 0.467. The Bertz CT molecular complexity index is 509. The predicted octanol–water partition coefficient (Wildman–Crippen LogP) is 2.74. The molecule has 0 aliphatic rings. The molecule has 1 aromatic carbocycles. The molecule has 1 unspecified atom stereocenters. The molecule has 0 aliphatic heterocycles. The minimum Gasteiger partial charge on any atom is -0.443 e. The number of hydrogen-bond donors (Lipinski definition) is 3. The lowest BCUT2D eigenvalue weighted by Crippen LogP contribution is -2.42. The number of anilines is 1. The molecule has 6 nitrogen and oxygen atoms in total. The van der Waals surface area contributed by atoms with E-state index in [-0.39, 0.29) is 11.9 Å². The van der Waals surface area contributed by atoms with E-state index in [2.05, 4.69) is 16.2 Å². The normalized spacial score (nSPS) is 12.4. The molecule has 1 rings (SSSR count). The van der Waals surface area contributed by atoms with E-state index in [1.807, 2.05) is 25.1 Å². The highest BCUT2D eigenvalue weighted by atomic mass is 16.6. The predicted molar refractivity (Wildman–Crippen MR) is 81.7 cm³/mol. The third-order valence-corrected chi connectivity index (χ3v) is 2.50. The smallest absolute Gasteiger partial charge is 0.422 e. The number of hydrazine groups is 1. The molecule has 3 N–H and O–H groups in total. The van der Waals surface area contributed by atoms with E-state index in [1.165, 1.54) is 6.92 Å². The first-order chi connectivity index (χ1) is 9.67. The summed E-state index contributed by atoms with van der Waals surface area (Å²) in [5, 5.41) is 2.72. The zero-order valence-electron chi connectivity index (χ0n) is 13.1. The van der Waals surface area contributed by atoms with Crippen LogP contribution in [0.2, 0.25) is 0 Å². The van der Waals surface area contributed by atoms with Crippen molar-refractivity contribution in [3.05, 3.63) is 29.8 Å². The van der Waals surface area contributed by atoms with Gasteiger partial charge in [-0.1, -0.05) is 12.1 Å². The largest absolute Gasteiger partial charge is 0.443 e. The van der Waals surface area contributed by atoms with Crippen molar-refractivity contribution in [1.82, 2.24) is 10.9 Å². The Labute approximate surface area is 125 Å². The molecular weight excluding hydrogens is 270 g/mol. The summed E-state index contributed by atoms with van der Waals surface area (Å²) in [6.07, 6.45) is -0.535. The number of amides is 2. The van der Waals surface area contributed by atoms with Crippen LogP contribution in [0.3, 0.4) is 0 Å². The number of carbonyl (C=O) groups is 2. The van der Waals surface area contributed by atoms with Gasteiger partial charge in [-0.2, -0.15) is 0 Å². The molecule has 6 heteroatoms. The van der Waals surface area contributed by atoms with Crippen LogP contribution >= 0.6 is 0 Å². The topological polar surface area (TPSA) is 79.5 Å². The van der Waals surface area contributed by atoms with Gasteiger partial charge in [-0.15, -0.1) is 0 Å². The highest BCUT2D eigenvalue weighted by Crippen LogP contribution is 2.17. The van der Waals surface area contributed by atoms with E-state index >= 15 is 0 Å². The summed E-state index contributed by atoms with van der Waals surface area (Å²) in [5.41, 5.74) is 6.46. The number of rotatable bonds is 4. The van der Waals surface area contributed by atoms with Crippen LogP contribution in [-0.4, -0.2) is 17.6 Å². The fourth-order valence-corrected chi connectivity index (χ4v) is 1.64. The van der Waals surface area contributed by atoms with Crippen molar-refractivity contribution in [2.75, 3.05) is 5.32 Å². The molecule has 0 fully saturated rings. The van der Waals surface area contributed by atoms with Gasteiger partial charge in [-0.3, -0.25) is 10.2 Å². The average Bonchev–Trinajstić information content (AvgIpc) is 2.33. The molecule has 1 aromatic rings. The van der Waals surface area contributed by atoms with Crippen LogP contribution in [0.4, 0.5) is 10.5 Å². The Hall–Kier alpha value is -2.08. The standard InChI is InChI=1S/C15H23N3O3/c1-10(17-18-14(20)21-15(3,4)5)12-7-6-8-13(9-12)16-11(2)19/h6-10,17H,1-5H3,(H,16,19)(H,18,20). The van der Waals surface area contributed by atoms with Crippen LogP contribution in [-0.2, 0) is 9.53 Å². The Morgan fingerprint density at radius 3 is 2.48 bits per heavy atom. The maximum Gasteiger partial charge on any atom is 0.422 e. The minimum atomic E-state index is -0.541. The zero-order valence-corrected chi connectivity index (χ0v) is 13.1. The second-order valence-electron chi connectivity index (χ2n) is 5.80. The third-order valence-electron chi connectivity index (χ3n) is 2.50. The van der Waals surface area contributed by atoms with Crippen molar-refractivity contribution in [1.29, 1.82) is 0 Å². The van der Waals surface area contributed by atoms with Gasteiger partial charge >= 0.3 is 6.09 Å². The molecule has 1 atom stereocenters. The van der Waals surface area contributed by atoms with Gasteiger partial charge in [0.2, 0.25) is 5.91 Å². The number of hydrogen-bond acceptors (Lipinski definition) is 4. The molecule has 0 saturated heterocycles. The molecule has 2 amide bonds. The number of carbonyl (C=O) groups excluding carboxylic acids is 2. The van der Waals surface area contributed by atoms with Crippen LogP contribution in [0.5, 0.6) is 0 Å². The van der Waals surface area contributed by atoms with Crippen LogP contribution in [0, 0.1) is 0 Å². The van der Waals surface area contributed by atoms with Crippen molar-refractivity contribution in [2.24, 2.45) is 0 Å². The molecule has 0 heterocycles. The van der Waals surface area contributed by atoms with Gasteiger partial charge in [0.05, 0.1) is 0 Å². The van der Waals surface area contributed by atoms with Gasteiger partial charge in [0.15, 0.2) is 0 Å². The number of benzene rings is 1. The zero-order chi connectivity index (χ0) is 16.0. The lowest BCUT2D eigenvalue weighted by Gasteiger charge is -2.21. The summed E-state index contributed by atoms with van der Waals surface area (Å²) in [5.74, 6) is -0.125. The first-order valence-corrected chi connectivity index (χ1v) is 6.79. The van der Waals surface area contributed by atoms with Gasteiger partial charge in [0.25, 0.3) is 0 Å². The van der Waals surface area contributed by atoms with E-state index in [0.717, 1.165) is 5.56 Å². The SMILES string of the molecule is CC(=O)Nc1cccc(C(C)NNC(=O)OC(C)(C)C)c1. The van der Waals surface area contributed by atoms with Gasteiger partial charge < -0.3 is 10.1 Å². The van der Waals surface area contributed by atoms with E-state index in [1.54, 1.807) is 26.8 Å². The Morgan fingerprint density at radius 2 is 1.90 bits per heavy atom. The van der Waals surface area contributed by atoms with Crippen LogP contribution in [0.15, 0.2) is 24.3 Å². The second-order valence-corrected chi connectivity index (χ2v) is 5.80. The summed E-state index contributed by atoms with van der Waals surface area (Å²) in [6, 6.07) is 7.26. The highest BCUT2D eigenvalue weighted by Gasteiger charge is 2.16. The quantitative estimate of drug-likeness (QED) is 0.746. The first-order valence-electron chi connectivity index (χ1n) is 6.79. The summed E-state index contributed by atoms with van der Waals surface area (Å²) >= 11 is 0. The van der Waals surface area contributed by atoms with E-state index < -0.39 is 11.7 Å². The summed E-state index contributed by atoms with van der Waals surface area (Å²) in [6.45, 7) is 8.75. The van der Waals surface area contributed by atoms with Crippen molar-refractivity contribution in [2.45, 2.75) is 46.3 Å². The Balaban J connectivity index is 2.57. The molecule has 21 heavy (non-hydrogen) atoms. The number of nitrogens with one attached hydrogen (secondary N) is 3. The Kier molecular flexibility index (Phi) is 5.72. The summed E-state index contributed by atoms with van der Waals surface area (Å²) in [4.78, 5) is 22.6. The van der Waals surface area contributed by atoms with E-state index in [9.17, 15) is 9.59 Å². The molecule has 0 radical (unpaired) electrons. The maximum absolute atomic E-state index is 11.6. The molecule has 116 valence electrons. The molecule has 0 spiro atoms. The molecule has 0 saturated carbocycles. The van der Waals surface area contributed by atoms with Gasteiger partial charge in [0, 0.05) is 18.7 Å². The van der Waals surface area contributed by atoms with Gasteiger partial charge in [0.1, 0.15) is 5.60 Å². The summed E-state index contributed by atoms with van der Waals surface area (Å²) < 4.78 is 5.13. The maximum atomic E-state index is 11.6. The van der Waals surface area contributed by atoms with Crippen molar-refractivity contribution in [3.8, 4) is 0 Å². The number of ether oxygens (including phenoxy) is 1. The fourth-order valence-electron chi connectivity index (χ4n) is 1.64. The van der Waals surface area contributed by atoms with Gasteiger partial charge in [-0.05, 0) is 45.4 Å². The Morgan fingerprint density at radius 1 is 1.24 bits per heavy atom. The lowest BCUT2D eigenvalue weighted by molar-refractivity contribution is -0.114. The van der Waals surface area contributed by atoms with Crippen LogP contribution in [0.1, 0.15) is 46.2 Å². The molecular formula is C15H23N3O3. The van der Waals surface area contributed by atoms with Crippen LogP contribution < -0.4 is 16.2 Å². The van der Waals surface area contributed by atoms with Crippen molar-refractivity contribution in [3.63, 3.8) is 0 Å². The third kappa shape index (κ3) is 6.76. The lowest BCUT2D eigenvalue weighted by atomic mass is 10.1. The molecule has 0 aromatic heterocycles. The van der Waals surface area contributed by atoms with Crippen molar-refractivity contribution < 1.29 is 14.3 Å². The highest BCUT2D eigenvalue weighted by molar-refractivity contribution is 5.88. The van der Waals surface area contributed by atoms with Crippen LogP contribution in [0.25, 0.3) is 0 Å². The van der Waals surface area contributed by atoms with E-state index in [4.69, 9.17) is 4.74 Å². The second kappa shape index (κ2) is 7.08. The minimum absolute atomic E-state index is 0.125. The first kappa shape index (κ1) is 17.0. The van der Waals surface area contributed by atoms with Crippen molar-refractivity contribution >= 4 is 17.7 Å². The monoisotopic (exact) mass is 293 g/mol. The summed E-state index contributed by atoms with van der Waals surface area (Å²) in [7, 11) is 0.